The van der Waals surface area contributed by atoms with Crippen molar-refractivity contribution in [2.45, 2.75) is 38.8 Å². The summed E-state index contributed by atoms with van der Waals surface area (Å²) in [5.74, 6) is -0.554. The second-order valence-corrected chi connectivity index (χ2v) is 13.1. The average molecular weight is 587 g/mol. The normalized spacial score (nSPS) is 15.9. The van der Waals surface area contributed by atoms with E-state index in [0.29, 0.717) is 29.2 Å². The molecule has 0 saturated carbocycles. The first-order valence-electron chi connectivity index (χ1n) is 13.0. The predicted octanol–water partition coefficient (Wildman–Crippen LogP) is 7.09. The van der Waals surface area contributed by atoms with Crippen molar-refractivity contribution in [1.82, 2.24) is 4.90 Å². The minimum absolute atomic E-state index is 0.191. The minimum Gasteiger partial charge on any atom is -0.494 e. The maximum Gasteiger partial charge on any atom is 0.262 e. The van der Waals surface area contributed by atoms with Gasteiger partial charge in [0.1, 0.15) is 15.6 Å². The van der Waals surface area contributed by atoms with Crippen LogP contribution in [0.2, 0.25) is 0 Å². The summed E-state index contributed by atoms with van der Waals surface area (Å²) in [6, 6.07) is 20.8. The zero-order chi connectivity index (χ0) is 28.2. The zero-order valence-corrected chi connectivity index (χ0v) is 24.6. The molecular formula is C31H26N2O4S3. The number of hydrogen-bond donors (Lipinski definition) is 0. The van der Waals surface area contributed by atoms with Crippen LogP contribution in [-0.2, 0) is 16.8 Å². The Morgan fingerprint density at radius 1 is 0.925 bits per heavy atom. The summed E-state index contributed by atoms with van der Waals surface area (Å²) in [5, 5.41) is 0. The van der Waals surface area contributed by atoms with E-state index in [0.717, 1.165) is 30.3 Å². The molecular weight excluding hydrogens is 561 g/mol. The third-order valence-electron chi connectivity index (χ3n) is 7.45. The molecule has 0 radical (unpaired) electrons. The van der Waals surface area contributed by atoms with Crippen molar-refractivity contribution < 1.29 is 19.1 Å². The van der Waals surface area contributed by atoms with Gasteiger partial charge in [-0.2, -0.15) is 0 Å². The van der Waals surface area contributed by atoms with E-state index in [1.54, 1.807) is 39.5 Å². The van der Waals surface area contributed by atoms with Crippen molar-refractivity contribution in [2.24, 2.45) is 0 Å². The van der Waals surface area contributed by atoms with Crippen LogP contribution in [0.4, 0.5) is 5.69 Å². The average Bonchev–Trinajstić information content (AvgIpc) is 3.46. The number of imide groups is 1. The van der Waals surface area contributed by atoms with Crippen LogP contribution in [0.25, 0.3) is 11.1 Å². The highest BCUT2D eigenvalue weighted by atomic mass is 32.9. The third-order valence-corrected chi connectivity index (χ3v) is 10.8. The van der Waals surface area contributed by atoms with Gasteiger partial charge in [-0.15, -0.1) is 0 Å². The Balaban J connectivity index is 1.51. The van der Waals surface area contributed by atoms with E-state index >= 15 is 0 Å². The summed E-state index contributed by atoms with van der Waals surface area (Å²) >= 11 is 5.75. The topological polar surface area (TPSA) is 66.9 Å². The largest absolute Gasteiger partial charge is 0.494 e. The second-order valence-electron chi connectivity index (χ2n) is 10.2. The summed E-state index contributed by atoms with van der Waals surface area (Å²) in [5.41, 5.74) is 3.14. The first kappa shape index (κ1) is 26.6. The molecule has 1 atom stereocenters. The molecule has 6 nitrogen and oxygen atoms in total. The number of hydrogen-bond acceptors (Lipinski definition) is 7. The highest BCUT2D eigenvalue weighted by Crippen LogP contribution is 2.53. The number of nitrogens with zero attached hydrogens (tertiary/aromatic N) is 2. The van der Waals surface area contributed by atoms with Crippen LogP contribution in [-0.4, -0.2) is 35.3 Å². The maximum absolute atomic E-state index is 14.9. The molecule has 3 aromatic carbocycles. The van der Waals surface area contributed by atoms with Crippen LogP contribution in [0, 0.1) is 3.82 Å². The summed E-state index contributed by atoms with van der Waals surface area (Å²) < 4.78 is 6.56. The Hall–Kier alpha value is -3.66. The summed E-state index contributed by atoms with van der Waals surface area (Å²) in [6.07, 6.45) is 0.191. The highest BCUT2D eigenvalue weighted by Gasteiger charge is 2.49. The molecule has 202 valence electrons. The fraction of sp³-hybridized carbons (Fsp3) is 0.226. The maximum atomic E-state index is 14.9. The lowest BCUT2D eigenvalue weighted by Crippen LogP contribution is -2.57. The molecule has 3 heterocycles. The van der Waals surface area contributed by atoms with E-state index in [1.165, 1.54) is 10.3 Å². The van der Waals surface area contributed by atoms with Crippen molar-refractivity contribution in [3.8, 4) is 16.9 Å². The first-order valence-corrected chi connectivity index (χ1v) is 15.6. The van der Waals surface area contributed by atoms with E-state index in [-0.39, 0.29) is 12.3 Å². The predicted molar refractivity (Wildman–Crippen MR) is 161 cm³/mol. The number of anilines is 1. The number of benzene rings is 3. The fourth-order valence-corrected chi connectivity index (χ4v) is 8.91. The Labute approximate surface area is 244 Å². The molecule has 0 bridgehead atoms. The van der Waals surface area contributed by atoms with Crippen LogP contribution < -0.4 is 9.64 Å². The molecule has 0 fully saturated rings. The molecule has 3 amide bonds. The molecule has 4 aromatic rings. The lowest BCUT2D eigenvalue weighted by Gasteiger charge is -2.45. The van der Waals surface area contributed by atoms with Gasteiger partial charge in [-0.1, -0.05) is 75.4 Å². The van der Waals surface area contributed by atoms with Gasteiger partial charge in [0.25, 0.3) is 17.7 Å². The monoisotopic (exact) mass is 586 g/mol. The summed E-state index contributed by atoms with van der Waals surface area (Å²) in [4.78, 5) is 46.1. The first-order chi connectivity index (χ1) is 19.2. The molecule has 2 aliphatic rings. The Morgan fingerprint density at radius 3 is 2.23 bits per heavy atom. The quantitative estimate of drug-likeness (QED) is 0.137. The van der Waals surface area contributed by atoms with E-state index in [1.807, 2.05) is 69.3 Å². The van der Waals surface area contributed by atoms with Crippen molar-refractivity contribution in [3.05, 3.63) is 98.2 Å². The molecule has 40 heavy (non-hydrogen) atoms. The molecule has 0 N–H and O–H groups in total. The number of rotatable bonds is 6. The third kappa shape index (κ3) is 4.11. The van der Waals surface area contributed by atoms with E-state index in [2.05, 4.69) is 0 Å². The van der Waals surface area contributed by atoms with Crippen molar-refractivity contribution in [1.29, 1.82) is 0 Å². The van der Waals surface area contributed by atoms with Gasteiger partial charge in [0.2, 0.25) is 0 Å². The van der Waals surface area contributed by atoms with Crippen LogP contribution in [0.15, 0.2) is 72.8 Å². The molecule has 1 aromatic heterocycles. The number of carbonyl (C=O) groups is 3. The van der Waals surface area contributed by atoms with Crippen molar-refractivity contribution >= 4 is 56.3 Å². The SMILES string of the molecule is CCOc1ccc2c(c1)-c1c(ssc1=S)C(C)(C)N2C(=O)[C@@H](Cc1ccccc1)N1C(=O)c2ccccc2C1=O. The molecule has 2 aliphatic heterocycles. The van der Waals surface area contributed by atoms with E-state index in [4.69, 9.17) is 17.0 Å². The standard InChI is InChI=1S/C31H26N2O4S3/c1-4-37-19-14-15-23-22(17-19)25-26(39-40-30(25)38)31(2,3)33(23)29(36)24(16-18-10-6-5-7-11-18)32-27(34)20-12-8-9-13-21(20)28(32)35/h5-15,17,24H,4,16H2,1-3H3/t24-/m1/s1. The number of carbonyl (C=O) groups excluding carboxylic acids is 3. The van der Waals surface area contributed by atoms with Crippen LogP contribution in [0.1, 0.15) is 51.9 Å². The van der Waals surface area contributed by atoms with E-state index in [9.17, 15) is 14.4 Å². The lowest BCUT2D eigenvalue weighted by molar-refractivity contribution is -0.123. The van der Waals surface area contributed by atoms with Gasteiger partial charge < -0.3 is 4.74 Å². The van der Waals surface area contributed by atoms with Crippen LogP contribution >= 0.6 is 32.9 Å². The molecule has 0 spiro atoms. The Morgan fingerprint density at radius 2 is 1.57 bits per heavy atom. The van der Waals surface area contributed by atoms with Crippen LogP contribution in [0.3, 0.4) is 0 Å². The molecule has 0 saturated heterocycles. The van der Waals surface area contributed by atoms with Crippen molar-refractivity contribution in [2.75, 3.05) is 11.5 Å². The minimum atomic E-state index is -1.05. The Bertz CT molecular complexity index is 1690. The molecule has 6 rings (SSSR count). The molecule has 0 aliphatic carbocycles. The van der Waals surface area contributed by atoms with Gasteiger partial charge in [0.05, 0.1) is 33.8 Å². The molecule has 9 heteroatoms. The van der Waals surface area contributed by atoms with Gasteiger partial charge in [-0.3, -0.25) is 24.2 Å². The highest BCUT2D eigenvalue weighted by molar-refractivity contribution is 7.80. The van der Waals surface area contributed by atoms with Crippen molar-refractivity contribution in [3.63, 3.8) is 0 Å². The molecule has 0 unspecified atom stereocenters. The van der Waals surface area contributed by atoms with Gasteiger partial charge in [0, 0.05) is 17.5 Å². The van der Waals surface area contributed by atoms with Gasteiger partial charge in [0.15, 0.2) is 0 Å². The Kier molecular flexibility index (Phi) is 6.68. The zero-order valence-electron chi connectivity index (χ0n) is 22.2. The number of ether oxygens (including phenoxy) is 1. The summed E-state index contributed by atoms with van der Waals surface area (Å²) in [6.45, 7) is 6.41. The smallest absolute Gasteiger partial charge is 0.262 e. The van der Waals surface area contributed by atoms with Gasteiger partial charge in [-0.05, 0) is 56.7 Å². The number of amides is 3. The van der Waals surface area contributed by atoms with Gasteiger partial charge >= 0.3 is 0 Å². The number of fused-ring (bicyclic) bond motifs is 4. The lowest BCUT2D eigenvalue weighted by atomic mass is 9.86. The summed E-state index contributed by atoms with van der Waals surface area (Å²) in [7, 11) is 3.06. The second kappa shape index (κ2) is 10.1. The van der Waals surface area contributed by atoms with E-state index < -0.39 is 23.4 Å². The van der Waals surface area contributed by atoms with Crippen LogP contribution in [0.5, 0.6) is 5.75 Å². The fourth-order valence-electron chi connectivity index (χ4n) is 5.63. The van der Waals surface area contributed by atoms with Gasteiger partial charge in [-0.25, -0.2) is 0 Å².